The summed E-state index contributed by atoms with van der Waals surface area (Å²) in [5.41, 5.74) is 3.50. The van der Waals surface area contributed by atoms with Crippen LogP contribution in [0.1, 0.15) is 11.1 Å². The molecule has 0 bridgehead atoms. The van der Waals surface area contributed by atoms with Crippen molar-refractivity contribution in [2.45, 2.75) is 10.9 Å². The van der Waals surface area contributed by atoms with Gasteiger partial charge in [0, 0.05) is 17.4 Å². The van der Waals surface area contributed by atoms with Gasteiger partial charge in [0.2, 0.25) is 5.88 Å². The Balaban J connectivity index is 1.63. The second kappa shape index (κ2) is 9.05. The molecule has 0 aliphatic carbocycles. The molecule has 0 radical (unpaired) electrons. The minimum Gasteiger partial charge on any atom is -0.439 e. The lowest BCUT2D eigenvalue weighted by Gasteiger charge is -2.09. The lowest BCUT2D eigenvalue weighted by atomic mass is 10.1. The molecule has 1 aromatic heterocycles. The van der Waals surface area contributed by atoms with Crippen molar-refractivity contribution in [3.63, 3.8) is 0 Å². The monoisotopic (exact) mass is 395 g/mol. The lowest BCUT2D eigenvalue weighted by Crippen LogP contribution is -1.96. The molecule has 1 heterocycles. The predicted molar refractivity (Wildman–Crippen MR) is 115 cm³/mol. The summed E-state index contributed by atoms with van der Waals surface area (Å²) in [6.07, 6.45) is 0. The SMILES string of the molecule is N#Cc1cccc(CSc2nc(Oc3ccccc3)cc(-c3ccccc3)n2)c1. The summed E-state index contributed by atoms with van der Waals surface area (Å²) in [4.78, 5) is 9.29. The van der Waals surface area contributed by atoms with Gasteiger partial charge in [-0.2, -0.15) is 10.2 Å². The van der Waals surface area contributed by atoms with E-state index in [0.29, 0.717) is 22.4 Å². The summed E-state index contributed by atoms with van der Waals surface area (Å²) in [5.74, 6) is 1.89. The third kappa shape index (κ3) is 5.01. The lowest BCUT2D eigenvalue weighted by molar-refractivity contribution is 0.456. The van der Waals surface area contributed by atoms with Gasteiger partial charge >= 0.3 is 0 Å². The number of benzene rings is 3. The number of hydrogen-bond donors (Lipinski definition) is 0. The van der Waals surface area contributed by atoms with Gasteiger partial charge in [0.25, 0.3) is 0 Å². The van der Waals surface area contributed by atoms with Gasteiger partial charge < -0.3 is 4.74 Å². The molecular formula is C24H17N3OS. The summed E-state index contributed by atoms with van der Waals surface area (Å²) < 4.78 is 5.96. The Morgan fingerprint density at radius 2 is 1.59 bits per heavy atom. The number of hydrogen-bond acceptors (Lipinski definition) is 5. The van der Waals surface area contributed by atoms with E-state index in [-0.39, 0.29) is 0 Å². The van der Waals surface area contributed by atoms with E-state index in [1.165, 1.54) is 11.8 Å². The number of thioether (sulfide) groups is 1. The van der Waals surface area contributed by atoms with Crippen LogP contribution in [0, 0.1) is 11.3 Å². The van der Waals surface area contributed by atoms with Gasteiger partial charge in [-0.3, -0.25) is 0 Å². The number of aromatic nitrogens is 2. The van der Waals surface area contributed by atoms with Gasteiger partial charge in [0.1, 0.15) is 5.75 Å². The van der Waals surface area contributed by atoms with E-state index >= 15 is 0 Å². The molecule has 0 saturated heterocycles. The number of nitriles is 1. The molecule has 0 aliphatic rings. The Morgan fingerprint density at radius 1 is 0.828 bits per heavy atom. The van der Waals surface area contributed by atoms with E-state index in [9.17, 15) is 0 Å². The number of ether oxygens (including phenoxy) is 1. The molecule has 0 saturated carbocycles. The molecule has 0 N–H and O–H groups in total. The molecule has 140 valence electrons. The smallest absolute Gasteiger partial charge is 0.223 e. The number of para-hydroxylation sites is 1. The standard InChI is InChI=1S/C24H17N3OS/c25-16-18-8-7-9-19(14-18)17-29-24-26-22(20-10-3-1-4-11-20)15-23(27-24)28-21-12-5-2-6-13-21/h1-15H,17H2. The summed E-state index contributed by atoms with van der Waals surface area (Å²) >= 11 is 1.51. The quantitative estimate of drug-likeness (QED) is 0.292. The van der Waals surface area contributed by atoms with E-state index < -0.39 is 0 Å². The molecule has 0 spiro atoms. The van der Waals surface area contributed by atoms with Crippen molar-refractivity contribution in [1.82, 2.24) is 9.97 Å². The van der Waals surface area contributed by atoms with Gasteiger partial charge in [-0.25, -0.2) is 4.98 Å². The second-order valence-electron chi connectivity index (χ2n) is 6.26. The third-order valence-corrected chi connectivity index (χ3v) is 5.06. The topological polar surface area (TPSA) is 58.8 Å². The van der Waals surface area contributed by atoms with Crippen LogP contribution < -0.4 is 4.74 Å². The molecule has 0 atom stereocenters. The van der Waals surface area contributed by atoms with Gasteiger partial charge in [-0.1, -0.05) is 72.4 Å². The van der Waals surface area contributed by atoms with Gasteiger partial charge in [0.05, 0.1) is 17.3 Å². The maximum atomic E-state index is 9.09. The van der Waals surface area contributed by atoms with Crippen LogP contribution in [0.4, 0.5) is 0 Å². The predicted octanol–water partition coefficient (Wildman–Crippen LogP) is 6.10. The zero-order valence-corrected chi connectivity index (χ0v) is 16.3. The summed E-state index contributed by atoms with van der Waals surface area (Å²) in [5, 5.41) is 9.71. The van der Waals surface area contributed by atoms with Crippen molar-refractivity contribution in [3.05, 3.63) is 102 Å². The van der Waals surface area contributed by atoms with Crippen LogP contribution in [0.25, 0.3) is 11.3 Å². The highest BCUT2D eigenvalue weighted by atomic mass is 32.2. The number of nitrogens with zero attached hydrogens (tertiary/aromatic N) is 3. The molecule has 0 unspecified atom stereocenters. The van der Waals surface area contributed by atoms with E-state index in [1.807, 2.05) is 84.9 Å². The van der Waals surface area contributed by atoms with E-state index in [4.69, 9.17) is 15.0 Å². The zero-order chi connectivity index (χ0) is 19.9. The van der Waals surface area contributed by atoms with Crippen molar-refractivity contribution >= 4 is 11.8 Å². The molecule has 0 amide bonds. The Hall–Kier alpha value is -3.62. The zero-order valence-electron chi connectivity index (χ0n) is 15.5. The van der Waals surface area contributed by atoms with Gasteiger partial charge in [-0.15, -0.1) is 0 Å². The number of rotatable bonds is 6. The highest BCUT2D eigenvalue weighted by Gasteiger charge is 2.10. The molecule has 4 nitrogen and oxygen atoms in total. The average Bonchev–Trinajstić information content (AvgIpc) is 2.79. The van der Waals surface area contributed by atoms with Crippen molar-refractivity contribution in [2.75, 3.05) is 0 Å². The average molecular weight is 395 g/mol. The van der Waals surface area contributed by atoms with Crippen LogP contribution in [0.15, 0.2) is 96.2 Å². The first-order chi connectivity index (χ1) is 14.3. The fraction of sp³-hybridized carbons (Fsp3) is 0.0417. The fourth-order valence-electron chi connectivity index (χ4n) is 2.77. The minimum atomic E-state index is 0.498. The van der Waals surface area contributed by atoms with Crippen LogP contribution in [-0.2, 0) is 5.75 Å². The van der Waals surface area contributed by atoms with Crippen LogP contribution in [0.3, 0.4) is 0 Å². The molecule has 4 aromatic rings. The van der Waals surface area contributed by atoms with E-state index in [2.05, 4.69) is 11.1 Å². The Bertz CT molecular complexity index is 1140. The highest BCUT2D eigenvalue weighted by molar-refractivity contribution is 7.98. The van der Waals surface area contributed by atoms with Crippen molar-refractivity contribution in [2.24, 2.45) is 0 Å². The van der Waals surface area contributed by atoms with E-state index in [1.54, 1.807) is 6.07 Å². The Morgan fingerprint density at radius 3 is 2.34 bits per heavy atom. The Labute approximate surface area is 173 Å². The van der Waals surface area contributed by atoms with Gasteiger partial charge in [0.15, 0.2) is 5.16 Å². The molecule has 0 fully saturated rings. The molecule has 4 rings (SSSR count). The first kappa shape index (κ1) is 18.7. The van der Waals surface area contributed by atoms with Crippen molar-refractivity contribution < 1.29 is 4.74 Å². The van der Waals surface area contributed by atoms with Crippen LogP contribution in [0.5, 0.6) is 11.6 Å². The summed E-state index contributed by atoms with van der Waals surface area (Å²) in [6, 6.07) is 31.1. The van der Waals surface area contributed by atoms with Gasteiger partial charge in [-0.05, 0) is 29.8 Å². The molecule has 29 heavy (non-hydrogen) atoms. The second-order valence-corrected chi connectivity index (χ2v) is 7.20. The Kier molecular flexibility index (Phi) is 5.84. The molecular weight excluding hydrogens is 378 g/mol. The molecule has 3 aromatic carbocycles. The van der Waals surface area contributed by atoms with Crippen LogP contribution in [0.2, 0.25) is 0 Å². The largest absolute Gasteiger partial charge is 0.439 e. The maximum Gasteiger partial charge on any atom is 0.223 e. The molecule has 0 aliphatic heterocycles. The van der Waals surface area contributed by atoms with E-state index in [0.717, 1.165) is 22.6 Å². The van der Waals surface area contributed by atoms with Crippen LogP contribution >= 0.6 is 11.8 Å². The summed E-state index contributed by atoms with van der Waals surface area (Å²) in [7, 11) is 0. The highest BCUT2D eigenvalue weighted by Crippen LogP contribution is 2.29. The third-order valence-electron chi connectivity index (χ3n) is 4.14. The first-order valence-corrected chi connectivity index (χ1v) is 10.1. The molecule has 5 heteroatoms. The first-order valence-electron chi connectivity index (χ1n) is 9.09. The maximum absolute atomic E-state index is 9.09. The minimum absolute atomic E-state index is 0.498. The normalized spacial score (nSPS) is 10.3. The van der Waals surface area contributed by atoms with Crippen LogP contribution in [-0.4, -0.2) is 9.97 Å². The summed E-state index contributed by atoms with van der Waals surface area (Å²) in [6.45, 7) is 0. The van der Waals surface area contributed by atoms with Crippen molar-refractivity contribution in [1.29, 1.82) is 5.26 Å². The van der Waals surface area contributed by atoms with Crippen molar-refractivity contribution in [3.8, 4) is 29.0 Å². The fourth-order valence-corrected chi connectivity index (χ4v) is 3.56.